The van der Waals surface area contributed by atoms with Gasteiger partial charge in [-0.15, -0.1) is 0 Å². The van der Waals surface area contributed by atoms with E-state index in [0.29, 0.717) is 11.7 Å². The molecule has 1 aromatic carbocycles. The highest BCUT2D eigenvalue weighted by atomic mass is 16.1. The van der Waals surface area contributed by atoms with Crippen molar-refractivity contribution in [1.82, 2.24) is 0 Å². The molecule has 1 aliphatic carbocycles. The van der Waals surface area contributed by atoms with E-state index in [2.05, 4.69) is 24.3 Å². The highest BCUT2D eigenvalue weighted by Crippen LogP contribution is 2.41. The van der Waals surface area contributed by atoms with Crippen molar-refractivity contribution in [3.8, 4) is 0 Å². The molecule has 0 aromatic heterocycles. The molecule has 0 bridgehead atoms. The van der Waals surface area contributed by atoms with E-state index in [1.807, 2.05) is 26.8 Å². The van der Waals surface area contributed by atoms with Gasteiger partial charge in [0, 0.05) is 11.3 Å². The van der Waals surface area contributed by atoms with Crippen molar-refractivity contribution in [3.63, 3.8) is 0 Å². The van der Waals surface area contributed by atoms with Crippen LogP contribution < -0.4 is 0 Å². The average Bonchev–Trinajstić information content (AvgIpc) is 2.38. The second kappa shape index (κ2) is 5.26. The minimum Gasteiger partial charge on any atom is -0.299 e. The number of benzene rings is 1. The largest absolute Gasteiger partial charge is 0.299 e. The Labute approximate surface area is 111 Å². The summed E-state index contributed by atoms with van der Waals surface area (Å²) in [7, 11) is 0. The highest BCUT2D eigenvalue weighted by Gasteiger charge is 2.36. The van der Waals surface area contributed by atoms with E-state index < -0.39 is 0 Å². The third-order valence-corrected chi connectivity index (χ3v) is 4.07. The number of hydrogen-bond acceptors (Lipinski definition) is 1. The summed E-state index contributed by atoms with van der Waals surface area (Å²) < 4.78 is 0. The normalized spacial score (nSPS) is 24.8. The molecular formula is C17H24O. The Kier molecular flexibility index (Phi) is 3.89. The third-order valence-electron chi connectivity index (χ3n) is 4.07. The zero-order chi connectivity index (χ0) is 13.2. The average molecular weight is 244 g/mol. The lowest BCUT2D eigenvalue weighted by Gasteiger charge is -2.34. The van der Waals surface area contributed by atoms with Crippen LogP contribution in [0.25, 0.3) is 0 Å². The monoisotopic (exact) mass is 244 g/mol. The number of hydrogen-bond donors (Lipinski definition) is 0. The van der Waals surface area contributed by atoms with E-state index in [0.717, 1.165) is 12.8 Å². The number of Topliss-reactive ketones (excluding diaryl/α,β-unsaturated/α-hetero) is 1. The van der Waals surface area contributed by atoms with Crippen LogP contribution in [0.5, 0.6) is 0 Å². The molecule has 98 valence electrons. The lowest BCUT2D eigenvalue weighted by Crippen LogP contribution is -2.34. The zero-order valence-electron chi connectivity index (χ0n) is 11.8. The van der Waals surface area contributed by atoms with E-state index in [9.17, 15) is 4.79 Å². The molecule has 0 N–H and O–H groups in total. The maximum absolute atomic E-state index is 12.6. The van der Waals surface area contributed by atoms with Gasteiger partial charge in [-0.1, -0.05) is 63.9 Å². The first-order valence-corrected chi connectivity index (χ1v) is 7.09. The van der Waals surface area contributed by atoms with Crippen LogP contribution in [0.4, 0.5) is 0 Å². The van der Waals surface area contributed by atoms with Gasteiger partial charge in [0.15, 0.2) is 0 Å². The van der Waals surface area contributed by atoms with E-state index in [-0.39, 0.29) is 11.3 Å². The Morgan fingerprint density at radius 3 is 2.28 bits per heavy atom. The Bertz CT molecular complexity index is 399. The molecule has 2 rings (SSSR count). The fourth-order valence-electron chi connectivity index (χ4n) is 3.10. The molecule has 2 atom stereocenters. The van der Waals surface area contributed by atoms with Gasteiger partial charge in [0.2, 0.25) is 0 Å². The standard InChI is InChI=1S/C17H24O/c1-17(2,3)16(18)15-12-8-7-11-14(15)13-9-5-4-6-10-13/h4-6,9-10,14-15H,7-8,11-12H2,1-3H3/t14-,15-/m1/s1. The quantitative estimate of drug-likeness (QED) is 0.744. The van der Waals surface area contributed by atoms with Gasteiger partial charge in [0.05, 0.1) is 0 Å². The Balaban J connectivity index is 2.24. The van der Waals surface area contributed by atoms with Crippen molar-refractivity contribution in [2.75, 3.05) is 0 Å². The van der Waals surface area contributed by atoms with Crippen LogP contribution in [0.15, 0.2) is 30.3 Å². The van der Waals surface area contributed by atoms with Gasteiger partial charge in [0.1, 0.15) is 5.78 Å². The molecular weight excluding hydrogens is 220 g/mol. The molecule has 0 heterocycles. The van der Waals surface area contributed by atoms with Crippen molar-refractivity contribution >= 4 is 5.78 Å². The maximum atomic E-state index is 12.6. The topological polar surface area (TPSA) is 17.1 Å². The van der Waals surface area contributed by atoms with E-state index in [4.69, 9.17) is 0 Å². The van der Waals surface area contributed by atoms with Gasteiger partial charge in [-0.05, 0) is 24.3 Å². The van der Waals surface area contributed by atoms with Crippen molar-refractivity contribution in [2.45, 2.75) is 52.4 Å². The van der Waals surface area contributed by atoms with E-state index >= 15 is 0 Å². The van der Waals surface area contributed by atoms with Gasteiger partial charge in [-0.2, -0.15) is 0 Å². The summed E-state index contributed by atoms with van der Waals surface area (Å²) in [6, 6.07) is 10.6. The SMILES string of the molecule is CC(C)(C)C(=O)[C@@H]1CCCC[C@@H]1c1ccccc1. The summed E-state index contributed by atoms with van der Waals surface area (Å²) in [6.07, 6.45) is 4.69. The Morgan fingerprint density at radius 2 is 1.67 bits per heavy atom. The first-order valence-electron chi connectivity index (χ1n) is 7.09. The summed E-state index contributed by atoms with van der Waals surface area (Å²) in [5, 5.41) is 0. The molecule has 18 heavy (non-hydrogen) atoms. The molecule has 1 heteroatoms. The molecule has 0 saturated heterocycles. The Hall–Kier alpha value is -1.11. The molecule has 0 aliphatic heterocycles. The highest BCUT2D eigenvalue weighted by molar-refractivity contribution is 5.86. The van der Waals surface area contributed by atoms with Crippen molar-refractivity contribution in [3.05, 3.63) is 35.9 Å². The van der Waals surface area contributed by atoms with Crippen molar-refractivity contribution in [1.29, 1.82) is 0 Å². The second-order valence-electron chi connectivity index (χ2n) is 6.52. The van der Waals surface area contributed by atoms with Crippen LogP contribution in [-0.4, -0.2) is 5.78 Å². The molecule has 1 nitrogen and oxygen atoms in total. The number of carbonyl (C=O) groups excluding carboxylic acids is 1. The first kappa shape index (κ1) is 13.3. The van der Waals surface area contributed by atoms with Crippen LogP contribution in [0.3, 0.4) is 0 Å². The van der Waals surface area contributed by atoms with Gasteiger partial charge < -0.3 is 0 Å². The zero-order valence-corrected chi connectivity index (χ0v) is 11.8. The first-order chi connectivity index (χ1) is 8.50. The van der Waals surface area contributed by atoms with Gasteiger partial charge >= 0.3 is 0 Å². The minimum absolute atomic E-state index is 0.213. The molecule has 0 amide bonds. The molecule has 0 unspecified atom stereocenters. The summed E-state index contributed by atoms with van der Waals surface area (Å²) >= 11 is 0. The second-order valence-corrected chi connectivity index (χ2v) is 6.52. The fourth-order valence-corrected chi connectivity index (χ4v) is 3.10. The summed E-state index contributed by atoms with van der Waals surface area (Å²) in [6.45, 7) is 6.14. The molecule has 0 radical (unpaired) electrons. The smallest absolute Gasteiger partial charge is 0.141 e. The number of rotatable bonds is 2. The third kappa shape index (κ3) is 2.82. The van der Waals surface area contributed by atoms with Crippen LogP contribution >= 0.6 is 0 Å². The molecule has 1 aromatic rings. The summed E-state index contributed by atoms with van der Waals surface area (Å²) in [4.78, 5) is 12.6. The predicted molar refractivity (Wildman–Crippen MR) is 75.6 cm³/mol. The van der Waals surface area contributed by atoms with Crippen molar-refractivity contribution < 1.29 is 4.79 Å². The Morgan fingerprint density at radius 1 is 1.06 bits per heavy atom. The van der Waals surface area contributed by atoms with Crippen LogP contribution in [0.1, 0.15) is 57.9 Å². The van der Waals surface area contributed by atoms with E-state index in [1.165, 1.54) is 18.4 Å². The van der Waals surface area contributed by atoms with Crippen LogP contribution in [0.2, 0.25) is 0 Å². The van der Waals surface area contributed by atoms with Gasteiger partial charge in [-0.3, -0.25) is 4.79 Å². The van der Waals surface area contributed by atoms with Crippen molar-refractivity contribution in [2.24, 2.45) is 11.3 Å². The summed E-state index contributed by atoms with van der Waals surface area (Å²) in [5.74, 6) is 1.10. The van der Waals surface area contributed by atoms with Crippen LogP contribution in [-0.2, 0) is 4.79 Å². The molecule has 1 aliphatic rings. The lowest BCUT2D eigenvalue weighted by atomic mass is 9.68. The lowest BCUT2D eigenvalue weighted by molar-refractivity contribution is -0.132. The fraction of sp³-hybridized carbons (Fsp3) is 0.588. The minimum atomic E-state index is -0.213. The molecule has 1 fully saturated rings. The van der Waals surface area contributed by atoms with Crippen LogP contribution in [0, 0.1) is 11.3 Å². The van der Waals surface area contributed by atoms with Gasteiger partial charge in [0.25, 0.3) is 0 Å². The molecule has 1 saturated carbocycles. The number of carbonyl (C=O) groups is 1. The van der Waals surface area contributed by atoms with Gasteiger partial charge in [-0.25, -0.2) is 0 Å². The number of ketones is 1. The predicted octanol–water partition coefficient (Wildman–Crippen LogP) is 4.58. The summed E-state index contributed by atoms with van der Waals surface area (Å²) in [5.41, 5.74) is 1.13. The maximum Gasteiger partial charge on any atom is 0.141 e. The molecule has 0 spiro atoms. The van der Waals surface area contributed by atoms with E-state index in [1.54, 1.807) is 0 Å².